The van der Waals surface area contributed by atoms with Crippen LogP contribution < -0.4 is 4.72 Å². The molecule has 4 N–H and O–H groups in total. The van der Waals surface area contributed by atoms with E-state index in [9.17, 15) is 13.2 Å². The number of H-pyrrole nitrogens is 1. The quantitative estimate of drug-likeness (QED) is 0.551. The van der Waals surface area contributed by atoms with Gasteiger partial charge in [-0.1, -0.05) is 13.8 Å². The molecule has 0 spiro atoms. The lowest BCUT2D eigenvalue weighted by Gasteiger charge is -2.24. The lowest BCUT2D eigenvalue weighted by molar-refractivity contribution is 0.0686. The van der Waals surface area contributed by atoms with Crippen LogP contribution in [0.4, 0.5) is 0 Å². The number of sulfonamides is 1. The zero-order valence-corrected chi connectivity index (χ0v) is 13.1. The molecule has 9 heteroatoms. The van der Waals surface area contributed by atoms with E-state index in [1.807, 2.05) is 13.8 Å². The Bertz CT molecular complexity index is 606. The van der Waals surface area contributed by atoms with Gasteiger partial charge in [-0.3, -0.25) is 5.10 Å². The van der Waals surface area contributed by atoms with Crippen LogP contribution in [0.25, 0.3) is 0 Å². The molecule has 0 aliphatic carbocycles. The number of nitrogens with zero attached hydrogens (tertiary/aromatic N) is 1. The average Bonchev–Trinajstić information content (AvgIpc) is 2.77. The summed E-state index contributed by atoms with van der Waals surface area (Å²) >= 11 is 0. The number of aliphatic hydroxyl groups is 1. The van der Waals surface area contributed by atoms with Crippen molar-refractivity contribution in [1.82, 2.24) is 14.9 Å². The van der Waals surface area contributed by atoms with Gasteiger partial charge >= 0.3 is 5.97 Å². The zero-order chi connectivity index (χ0) is 16.3. The number of aromatic nitrogens is 2. The number of aliphatic hydroxyl groups excluding tert-OH is 1. The molecule has 0 bridgehead atoms. The number of aromatic amines is 1. The molecule has 0 unspecified atom stereocenters. The van der Waals surface area contributed by atoms with Crippen molar-refractivity contribution < 1.29 is 23.4 Å². The second-order valence-electron chi connectivity index (χ2n) is 5.65. The molecule has 1 rings (SSSR count). The number of rotatable bonds is 8. The van der Waals surface area contributed by atoms with Crippen molar-refractivity contribution in [2.45, 2.75) is 38.5 Å². The first kappa shape index (κ1) is 17.6. The predicted octanol–water partition coefficient (Wildman–Crippen LogP) is 0.493. The molecule has 1 aromatic heterocycles. The maximum absolute atomic E-state index is 12.3. The fourth-order valence-electron chi connectivity index (χ4n) is 1.90. The minimum Gasteiger partial charge on any atom is -0.476 e. The molecule has 0 saturated carbocycles. The van der Waals surface area contributed by atoms with Crippen LogP contribution in [0.15, 0.2) is 4.90 Å². The van der Waals surface area contributed by atoms with Crippen LogP contribution >= 0.6 is 0 Å². The number of carbonyl (C=O) groups is 1. The van der Waals surface area contributed by atoms with Crippen LogP contribution in [0.5, 0.6) is 0 Å². The van der Waals surface area contributed by atoms with Gasteiger partial charge in [0.25, 0.3) is 0 Å². The Balaban J connectivity index is 2.93. The minimum atomic E-state index is -3.97. The van der Waals surface area contributed by atoms with E-state index >= 15 is 0 Å². The van der Waals surface area contributed by atoms with Crippen molar-refractivity contribution in [3.05, 3.63) is 11.4 Å². The molecule has 1 aromatic rings. The molecular weight excluding hydrogens is 298 g/mol. The van der Waals surface area contributed by atoms with E-state index in [0.29, 0.717) is 12.8 Å². The predicted molar refractivity (Wildman–Crippen MR) is 75.6 cm³/mol. The smallest absolute Gasteiger partial charge is 0.357 e. The van der Waals surface area contributed by atoms with Gasteiger partial charge in [-0.2, -0.15) is 5.10 Å². The molecule has 0 aliphatic rings. The highest BCUT2D eigenvalue weighted by atomic mass is 32.2. The Morgan fingerprint density at radius 3 is 2.57 bits per heavy atom. The normalized spacial score (nSPS) is 12.6. The highest BCUT2D eigenvalue weighted by molar-refractivity contribution is 7.89. The Morgan fingerprint density at radius 2 is 2.05 bits per heavy atom. The summed E-state index contributed by atoms with van der Waals surface area (Å²) in [4.78, 5) is 10.7. The third kappa shape index (κ3) is 4.51. The summed E-state index contributed by atoms with van der Waals surface area (Å²) in [6.45, 7) is 5.36. The molecule has 0 fully saturated rings. The summed E-state index contributed by atoms with van der Waals surface area (Å²) < 4.78 is 27.0. The summed E-state index contributed by atoms with van der Waals surface area (Å²) in [6.07, 6.45) is 1.21. The molecule has 0 saturated heterocycles. The fraction of sp³-hybridized carbons (Fsp3) is 0.667. The Morgan fingerprint density at radius 1 is 1.43 bits per heavy atom. The Labute approximate surface area is 123 Å². The number of aromatic carboxylic acids is 1. The van der Waals surface area contributed by atoms with E-state index < -0.39 is 21.7 Å². The first-order chi connectivity index (χ1) is 9.60. The van der Waals surface area contributed by atoms with Gasteiger partial charge in [-0.05, 0) is 25.2 Å². The lowest BCUT2D eigenvalue weighted by Crippen LogP contribution is -2.35. The fourth-order valence-corrected chi connectivity index (χ4v) is 3.46. The zero-order valence-electron chi connectivity index (χ0n) is 12.3. The van der Waals surface area contributed by atoms with Gasteiger partial charge in [0.1, 0.15) is 4.90 Å². The molecule has 8 nitrogen and oxygen atoms in total. The van der Waals surface area contributed by atoms with Crippen molar-refractivity contribution in [2.24, 2.45) is 5.41 Å². The molecule has 120 valence electrons. The van der Waals surface area contributed by atoms with Gasteiger partial charge in [0.15, 0.2) is 5.69 Å². The number of carboxylic acid groups (broad SMARTS) is 1. The average molecular weight is 319 g/mol. The third-order valence-corrected chi connectivity index (χ3v) is 4.68. The molecule has 21 heavy (non-hydrogen) atoms. The van der Waals surface area contributed by atoms with Crippen molar-refractivity contribution in [1.29, 1.82) is 0 Å². The maximum atomic E-state index is 12.3. The van der Waals surface area contributed by atoms with E-state index in [-0.39, 0.29) is 29.2 Å². The van der Waals surface area contributed by atoms with Gasteiger partial charge in [0.05, 0.1) is 5.69 Å². The van der Waals surface area contributed by atoms with Gasteiger partial charge in [0, 0.05) is 13.2 Å². The van der Waals surface area contributed by atoms with Gasteiger partial charge in [-0.25, -0.2) is 17.9 Å². The van der Waals surface area contributed by atoms with Crippen LogP contribution in [-0.4, -0.2) is 47.9 Å². The Kier molecular flexibility index (Phi) is 5.48. The molecule has 0 amide bonds. The lowest BCUT2D eigenvalue weighted by atomic mass is 9.88. The highest BCUT2D eigenvalue weighted by Crippen LogP contribution is 2.23. The summed E-state index contributed by atoms with van der Waals surface area (Å²) in [5, 5.41) is 23.7. The van der Waals surface area contributed by atoms with E-state index in [4.69, 9.17) is 10.2 Å². The van der Waals surface area contributed by atoms with Crippen LogP contribution in [-0.2, 0) is 10.0 Å². The molecule has 0 aliphatic heterocycles. The first-order valence-corrected chi connectivity index (χ1v) is 7.98. The highest BCUT2D eigenvalue weighted by Gasteiger charge is 2.29. The SMILES string of the molecule is Cc1[nH]nc(C(=O)O)c1S(=O)(=O)NCC(C)(C)CCCO. The minimum absolute atomic E-state index is 0.0418. The van der Waals surface area contributed by atoms with Gasteiger partial charge in [-0.15, -0.1) is 0 Å². The molecule has 1 heterocycles. The van der Waals surface area contributed by atoms with Crippen LogP contribution in [0, 0.1) is 12.3 Å². The number of carboxylic acids is 1. The monoisotopic (exact) mass is 319 g/mol. The number of aryl methyl sites for hydroxylation is 1. The maximum Gasteiger partial charge on any atom is 0.357 e. The number of hydrogen-bond donors (Lipinski definition) is 4. The van der Waals surface area contributed by atoms with Crippen LogP contribution in [0.3, 0.4) is 0 Å². The van der Waals surface area contributed by atoms with Crippen LogP contribution in [0.2, 0.25) is 0 Å². The van der Waals surface area contributed by atoms with E-state index in [2.05, 4.69) is 14.9 Å². The molecule has 0 radical (unpaired) electrons. The summed E-state index contributed by atoms with van der Waals surface area (Å²) in [7, 11) is -3.97. The van der Waals surface area contributed by atoms with E-state index in [1.165, 1.54) is 6.92 Å². The summed E-state index contributed by atoms with van der Waals surface area (Å²) in [5.74, 6) is -1.40. The molecule has 0 aromatic carbocycles. The second-order valence-corrected chi connectivity index (χ2v) is 7.35. The third-order valence-electron chi connectivity index (χ3n) is 3.11. The van der Waals surface area contributed by atoms with Gasteiger partial charge < -0.3 is 10.2 Å². The van der Waals surface area contributed by atoms with E-state index in [1.54, 1.807) is 0 Å². The molecular formula is C12H21N3O5S. The van der Waals surface area contributed by atoms with E-state index in [0.717, 1.165) is 0 Å². The topological polar surface area (TPSA) is 132 Å². The summed E-state index contributed by atoms with van der Waals surface area (Å²) in [5.41, 5.74) is -0.696. The number of hydrogen-bond acceptors (Lipinski definition) is 5. The van der Waals surface area contributed by atoms with Gasteiger partial charge in [0.2, 0.25) is 10.0 Å². The van der Waals surface area contributed by atoms with Crippen molar-refractivity contribution >= 4 is 16.0 Å². The van der Waals surface area contributed by atoms with Crippen molar-refractivity contribution in [3.8, 4) is 0 Å². The largest absolute Gasteiger partial charge is 0.476 e. The standard InChI is InChI=1S/C12H21N3O5S/c1-8-10(9(11(17)18)15-14-8)21(19,20)13-7-12(2,3)5-4-6-16/h13,16H,4-7H2,1-3H3,(H,14,15)(H,17,18). The van der Waals surface area contributed by atoms with Crippen molar-refractivity contribution in [2.75, 3.05) is 13.2 Å². The van der Waals surface area contributed by atoms with Crippen LogP contribution in [0.1, 0.15) is 42.9 Å². The Hall–Kier alpha value is -1.45. The van der Waals surface area contributed by atoms with Crippen molar-refractivity contribution in [3.63, 3.8) is 0 Å². The second kappa shape index (κ2) is 6.54. The number of nitrogens with one attached hydrogen (secondary N) is 2. The summed E-state index contributed by atoms with van der Waals surface area (Å²) in [6, 6.07) is 0. The molecule has 0 atom stereocenters. The first-order valence-electron chi connectivity index (χ1n) is 6.49.